The predicted molar refractivity (Wildman–Crippen MR) is 40.8 cm³/mol. The lowest BCUT2D eigenvalue weighted by Gasteiger charge is -1.82. The van der Waals surface area contributed by atoms with Crippen LogP contribution in [0.3, 0.4) is 0 Å². The topological polar surface area (TPSA) is 17.1 Å². The Balaban J connectivity index is 3.92. The molecule has 0 saturated carbocycles. The Kier molecular flexibility index (Phi) is 4.18. The Morgan fingerprint density at radius 2 is 2.22 bits per heavy atom. The molecule has 0 amide bonds. The zero-order valence-electron chi connectivity index (χ0n) is 4.93. The van der Waals surface area contributed by atoms with Gasteiger partial charge >= 0.3 is 7.99 Å². The van der Waals surface area contributed by atoms with Crippen LogP contribution in [-0.2, 0) is 4.46 Å². The average Bonchev–Trinajstić information content (AvgIpc) is 1.82. The minimum absolute atomic E-state index is 0.460. The van der Waals surface area contributed by atoms with Crippen LogP contribution in [0.4, 0.5) is 0 Å². The third-order valence-electron chi connectivity index (χ3n) is 0.686. The molecule has 0 aromatic carbocycles. The highest BCUT2D eigenvalue weighted by Crippen LogP contribution is 1.95. The summed E-state index contributed by atoms with van der Waals surface area (Å²) in [5.41, 5.74) is 0. The fraction of sp³-hybridized carbons (Fsp3) is 0. The molecule has 0 fully saturated rings. The molecule has 0 bridgehead atoms. The molecule has 0 saturated heterocycles. The molecule has 0 rings (SSSR count). The van der Waals surface area contributed by atoms with E-state index in [0.29, 0.717) is 5.20 Å². The smallest absolute Gasteiger partial charge is 0.362 e. The van der Waals surface area contributed by atoms with Crippen molar-refractivity contribution in [3.63, 3.8) is 0 Å². The minimum Gasteiger partial charge on any atom is -0.362 e. The molecule has 3 heteroatoms. The maximum Gasteiger partial charge on any atom is 0.418 e. The van der Waals surface area contributed by atoms with Crippen LogP contribution in [0.2, 0.25) is 0 Å². The first-order chi connectivity index (χ1) is 4.18. The molecule has 0 aliphatic rings. The largest absolute Gasteiger partial charge is 0.418 e. The van der Waals surface area contributed by atoms with E-state index in [0.717, 1.165) is 0 Å². The van der Waals surface area contributed by atoms with Crippen molar-refractivity contribution in [2.45, 2.75) is 0 Å². The van der Waals surface area contributed by atoms with Gasteiger partial charge in [0.15, 0.2) is 0 Å². The fourth-order valence-electron chi connectivity index (χ4n) is 0.250. The van der Waals surface area contributed by atoms with Crippen LogP contribution in [0.1, 0.15) is 0 Å². The van der Waals surface area contributed by atoms with Gasteiger partial charge in [0.05, 0.1) is 0 Å². The Labute approximate surface area is 60.7 Å². The molecule has 0 aromatic heterocycles. The third-order valence-corrected chi connectivity index (χ3v) is 2.09. The monoisotopic (exact) mass is 158 g/mol. The normalized spacial score (nSPS) is 9.44. The molecule has 0 N–H and O–H groups in total. The van der Waals surface area contributed by atoms with Gasteiger partial charge in [-0.15, -0.1) is 0 Å². The second-order valence-electron chi connectivity index (χ2n) is 1.39. The van der Waals surface area contributed by atoms with Gasteiger partial charge in [0.25, 0.3) is 0 Å². The minimum atomic E-state index is -2.09. The summed E-state index contributed by atoms with van der Waals surface area (Å²) in [6.07, 6.45) is 4.81. The number of hydrogen-bond donors (Lipinski definition) is 0. The van der Waals surface area contributed by atoms with Crippen molar-refractivity contribution < 1.29 is 4.46 Å². The lowest BCUT2D eigenvalue weighted by molar-refractivity contribution is 0.577. The second-order valence-corrected chi connectivity index (χ2v) is 3.61. The van der Waals surface area contributed by atoms with Crippen LogP contribution >= 0.6 is 11.1 Å². The van der Waals surface area contributed by atoms with E-state index in [1.54, 1.807) is 18.2 Å². The summed E-state index contributed by atoms with van der Waals surface area (Å²) in [6, 6.07) is 0. The van der Waals surface area contributed by atoms with Gasteiger partial charge in [-0.3, -0.25) is 0 Å². The van der Waals surface area contributed by atoms with Gasteiger partial charge in [-0.2, -0.15) is 0 Å². The molecular weight excluding hydrogens is 152 g/mol. The van der Waals surface area contributed by atoms with Crippen molar-refractivity contribution in [2.75, 3.05) is 0 Å². The summed E-state index contributed by atoms with van der Waals surface area (Å²) < 4.78 is 10.4. The molecular formula is C6H7ClOSi. The van der Waals surface area contributed by atoms with Gasteiger partial charge in [-0.1, -0.05) is 42.5 Å². The van der Waals surface area contributed by atoms with E-state index in [1.807, 2.05) is 0 Å². The summed E-state index contributed by atoms with van der Waals surface area (Å²) in [5.74, 6) is 0. The van der Waals surface area contributed by atoms with Crippen molar-refractivity contribution >= 4 is 19.1 Å². The highest BCUT2D eigenvalue weighted by atomic mass is 35.6. The van der Waals surface area contributed by atoms with Gasteiger partial charge < -0.3 is 4.46 Å². The van der Waals surface area contributed by atoms with Crippen LogP contribution < -0.4 is 0 Å². The van der Waals surface area contributed by atoms with Crippen LogP contribution in [0.5, 0.6) is 0 Å². The Morgan fingerprint density at radius 1 is 1.67 bits per heavy atom. The first-order valence-corrected chi connectivity index (χ1v) is 4.78. The van der Waals surface area contributed by atoms with Gasteiger partial charge in [-0.05, 0) is 0 Å². The number of hydrogen-bond acceptors (Lipinski definition) is 1. The Bertz CT molecular complexity index is 172. The van der Waals surface area contributed by atoms with Gasteiger partial charge in [0, 0.05) is 5.20 Å². The SMILES string of the molecule is C=CC=CC(=C)[Si](=O)Cl. The molecule has 9 heavy (non-hydrogen) atoms. The average molecular weight is 159 g/mol. The summed E-state index contributed by atoms with van der Waals surface area (Å²) in [7, 11) is -2.09. The van der Waals surface area contributed by atoms with E-state index < -0.39 is 7.99 Å². The summed E-state index contributed by atoms with van der Waals surface area (Å²) in [6.45, 7) is 6.89. The van der Waals surface area contributed by atoms with Crippen molar-refractivity contribution in [3.8, 4) is 0 Å². The van der Waals surface area contributed by atoms with Gasteiger partial charge in [-0.25, -0.2) is 0 Å². The van der Waals surface area contributed by atoms with E-state index in [2.05, 4.69) is 13.2 Å². The van der Waals surface area contributed by atoms with E-state index in [4.69, 9.17) is 11.1 Å². The first kappa shape index (κ1) is 8.53. The van der Waals surface area contributed by atoms with Crippen molar-refractivity contribution in [1.29, 1.82) is 0 Å². The molecule has 1 nitrogen and oxygen atoms in total. The standard InChI is InChI=1S/C6H7ClOSi/c1-3-4-5-6(2)9(7)8/h3-5H,1-2H2. The molecule has 0 radical (unpaired) electrons. The lowest BCUT2D eigenvalue weighted by atomic mass is 10.5. The van der Waals surface area contributed by atoms with Crippen molar-refractivity contribution in [3.05, 3.63) is 36.6 Å². The number of halogens is 1. The molecule has 0 heterocycles. The molecule has 0 aliphatic heterocycles. The Morgan fingerprint density at radius 3 is 2.56 bits per heavy atom. The van der Waals surface area contributed by atoms with Crippen molar-refractivity contribution in [1.82, 2.24) is 0 Å². The van der Waals surface area contributed by atoms with E-state index in [-0.39, 0.29) is 0 Å². The third kappa shape index (κ3) is 4.06. The highest BCUT2D eigenvalue weighted by Gasteiger charge is 1.99. The maximum atomic E-state index is 10.4. The van der Waals surface area contributed by atoms with E-state index >= 15 is 0 Å². The molecule has 0 unspecified atom stereocenters. The van der Waals surface area contributed by atoms with E-state index in [1.165, 1.54) is 0 Å². The van der Waals surface area contributed by atoms with Crippen molar-refractivity contribution in [2.24, 2.45) is 0 Å². The summed E-state index contributed by atoms with van der Waals surface area (Å²) in [5, 5.41) is 0.460. The molecule has 0 aromatic rings. The molecule has 0 atom stereocenters. The highest BCUT2D eigenvalue weighted by molar-refractivity contribution is 7.02. The zero-order valence-corrected chi connectivity index (χ0v) is 6.69. The number of rotatable bonds is 3. The fourth-order valence-corrected chi connectivity index (χ4v) is 0.666. The second kappa shape index (κ2) is 4.41. The Hall–Kier alpha value is -0.473. The van der Waals surface area contributed by atoms with Crippen LogP contribution in [-0.4, -0.2) is 7.99 Å². The quantitative estimate of drug-likeness (QED) is 0.349. The van der Waals surface area contributed by atoms with Crippen LogP contribution in [0.25, 0.3) is 0 Å². The molecule has 0 spiro atoms. The van der Waals surface area contributed by atoms with E-state index in [9.17, 15) is 4.46 Å². The zero-order chi connectivity index (χ0) is 7.28. The first-order valence-electron chi connectivity index (χ1n) is 2.36. The van der Waals surface area contributed by atoms with Crippen LogP contribution in [0.15, 0.2) is 36.6 Å². The lowest BCUT2D eigenvalue weighted by Crippen LogP contribution is -1.88. The van der Waals surface area contributed by atoms with Crippen LogP contribution in [0, 0.1) is 0 Å². The molecule has 48 valence electrons. The maximum absolute atomic E-state index is 10.4. The summed E-state index contributed by atoms with van der Waals surface area (Å²) in [4.78, 5) is 0. The van der Waals surface area contributed by atoms with Gasteiger partial charge in [0.2, 0.25) is 0 Å². The number of allylic oxidation sites excluding steroid dienone is 4. The van der Waals surface area contributed by atoms with Gasteiger partial charge in [0.1, 0.15) is 0 Å². The molecule has 0 aliphatic carbocycles. The summed E-state index contributed by atoms with van der Waals surface area (Å²) >= 11 is 5.23. The predicted octanol–water partition coefficient (Wildman–Crippen LogP) is 1.98.